The third kappa shape index (κ3) is 11.1. The summed E-state index contributed by atoms with van der Waals surface area (Å²) < 4.78 is 27.2. The van der Waals surface area contributed by atoms with Gasteiger partial charge in [-0.15, -0.1) is 0 Å². The summed E-state index contributed by atoms with van der Waals surface area (Å²) in [5.41, 5.74) is 2.52. The zero-order valence-corrected chi connectivity index (χ0v) is 20.1. The van der Waals surface area contributed by atoms with Gasteiger partial charge in [-0.25, -0.2) is 0 Å². The van der Waals surface area contributed by atoms with Crippen molar-refractivity contribution in [2.75, 3.05) is 52.9 Å². The van der Waals surface area contributed by atoms with Gasteiger partial charge in [-0.3, -0.25) is 4.79 Å². The Hall–Kier alpha value is -2.03. The second-order valence-electron chi connectivity index (χ2n) is 8.07. The van der Waals surface area contributed by atoms with E-state index in [0.29, 0.717) is 52.9 Å². The van der Waals surface area contributed by atoms with Gasteiger partial charge in [0.1, 0.15) is 6.10 Å². The lowest BCUT2D eigenvalue weighted by Gasteiger charge is -2.13. The predicted molar refractivity (Wildman–Crippen MR) is 128 cm³/mol. The fraction of sp³-hybridized carbons (Fsp3) is 0.577. The van der Waals surface area contributed by atoms with Crippen LogP contribution in [0.4, 0.5) is 0 Å². The maximum Gasteiger partial charge on any atom is 0.302 e. The van der Waals surface area contributed by atoms with Gasteiger partial charge in [0, 0.05) is 6.92 Å². The van der Waals surface area contributed by atoms with Crippen LogP contribution < -0.4 is 0 Å². The number of aliphatic hydroxyl groups excluding tert-OH is 1. The van der Waals surface area contributed by atoms with Gasteiger partial charge in [0.25, 0.3) is 0 Å². The molecular formula is C26H38O7. The molecule has 2 aromatic carbocycles. The van der Waals surface area contributed by atoms with Crippen molar-refractivity contribution < 1.29 is 33.6 Å². The summed E-state index contributed by atoms with van der Waals surface area (Å²) in [4.78, 5) is 10.9. The van der Waals surface area contributed by atoms with Crippen LogP contribution in [0, 0.1) is 0 Å². The molecule has 2 rings (SSSR count). The van der Waals surface area contributed by atoms with Crippen molar-refractivity contribution in [2.45, 2.75) is 45.8 Å². The highest BCUT2D eigenvalue weighted by Gasteiger charge is 2.07. The van der Waals surface area contributed by atoms with Crippen LogP contribution in [0.5, 0.6) is 0 Å². The first kappa shape index (κ1) is 27.2. The van der Waals surface area contributed by atoms with Gasteiger partial charge < -0.3 is 28.8 Å². The molecule has 0 amide bonds. The van der Waals surface area contributed by atoms with Crippen LogP contribution in [-0.2, 0) is 41.3 Å². The second kappa shape index (κ2) is 15.7. The summed E-state index contributed by atoms with van der Waals surface area (Å²) in [7, 11) is 0. The zero-order chi connectivity index (χ0) is 23.9. The van der Waals surface area contributed by atoms with E-state index in [2.05, 4.69) is 36.4 Å². The molecule has 2 unspecified atom stereocenters. The fourth-order valence-electron chi connectivity index (χ4n) is 3.50. The van der Waals surface area contributed by atoms with Crippen molar-refractivity contribution in [3.63, 3.8) is 0 Å². The highest BCUT2D eigenvalue weighted by molar-refractivity contribution is 5.88. The van der Waals surface area contributed by atoms with E-state index in [9.17, 15) is 9.90 Å². The van der Waals surface area contributed by atoms with Gasteiger partial charge in [-0.2, -0.15) is 0 Å². The summed E-state index contributed by atoms with van der Waals surface area (Å²) >= 11 is 0. The Labute approximate surface area is 196 Å². The minimum Gasteiger partial charge on any atom is -0.460 e. The summed E-state index contributed by atoms with van der Waals surface area (Å²) in [6.45, 7) is 8.81. The second-order valence-corrected chi connectivity index (χ2v) is 8.07. The summed E-state index contributed by atoms with van der Waals surface area (Å²) in [6, 6.07) is 12.8. The maximum atomic E-state index is 10.9. The van der Waals surface area contributed by atoms with Crippen LogP contribution in [0.15, 0.2) is 36.4 Å². The highest BCUT2D eigenvalue weighted by Crippen LogP contribution is 2.23. The lowest BCUT2D eigenvalue weighted by molar-refractivity contribution is -0.148. The van der Waals surface area contributed by atoms with E-state index >= 15 is 0 Å². The van der Waals surface area contributed by atoms with E-state index in [-0.39, 0.29) is 12.1 Å². The Balaban J connectivity index is 1.71. The van der Waals surface area contributed by atoms with Crippen LogP contribution in [-0.4, -0.2) is 76.1 Å². The van der Waals surface area contributed by atoms with Crippen molar-refractivity contribution in [3.8, 4) is 0 Å². The Morgan fingerprint density at radius 1 is 0.758 bits per heavy atom. The molecule has 0 heterocycles. The molecule has 0 aliphatic rings. The molecule has 0 spiro atoms. The fourth-order valence-corrected chi connectivity index (χ4v) is 3.50. The highest BCUT2D eigenvalue weighted by atomic mass is 16.6. The number of fused-ring (bicyclic) bond motifs is 1. The molecule has 0 bridgehead atoms. The summed E-state index contributed by atoms with van der Waals surface area (Å²) in [6.07, 6.45) is 0.954. The predicted octanol–water partition coefficient (Wildman–Crippen LogP) is 3.32. The molecule has 0 aliphatic heterocycles. The number of benzene rings is 2. The minimum atomic E-state index is -0.448. The number of carbonyl (C=O) groups excluding carboxylic acids is 1. The Kier molecular flexibility index (Phi) is 13.0. The molecule has 0 saturated carbocycles. The average Bonchev–Trinajstić information content (AvgIpc) is 2.77. The van der Waals surface area contributed by atoms with Crippen LogP contribution in [0.25, 0.3) is 10.8 Å². The number of aliphatic hydroxyl groups is 1. The van der Waals surface area contributed by atoms with Crippen LogP contribution in [0.2, 0.25) is 0 Å². The number of esters is 1. The normalized spacial score (nSPS) is 13.2. The molecule has 7 heteroatoms. The number of hydrogen-bond donors (Lipinski definition) is 1. The van der Waals surface area contributed by atoms with E-state index in [4.69, 9.17) is 23.7 Å². The van der Waals surface area contributed by atoms with Gasteiger partial charge in [0.05, 0.1) is 59.0 Å². The topological polar surface area (TPSA) is 83.5 Å². The molecule has 0 fully saturated rings. The molecule has 1 N–H and O–H groups in total. The van der Waals surface area contributed by atoms with E-state index in [1.54, 1.807) is 13.8 Å². The van der Waals surface area contributed by atoms with E-state index in [0.717, 1.165) is 12.8 Å². The molecule has 33 heavy (non-hydrogen) atoms. The quantitative estimate of drug-likeness (QED) is 0.285. The Bertz CT molecular complexity index is 821. The molecule has 184 valence electrons. The van der Waals surface area contributed by atoms with Gasteiger partial charge in [-0.1, -0.05) is 36.4 Å². The lowest BCUT2D eigenvalue weighted by atomic mass is 9.97. The lowest BCUT2D eigenvalue weighted by Crippen LogP contribution is -2.20. The summed E-state index contributed by atoms with van der Waals surface area (Å²) in [5, 5.41) is 11.7. The first-order valence-electron chi connectivity index (χ1n) is 11.6. The molecule has 0 aliphatic carbocycles. The first-order valence-corrected chi connectivity index (χ1v) is 11.6. The smallest absolute Gasteiger partial charge is 0.302 e. The number of ether oxygens (including phenoxy) is 5. The van der Waals surface area contributed by atoms with Gasteiger partial charge >= 0.3 is 5.97 Å². The van der Waals surface area contributed by atoms with E-state index in [1.807, 2.05) is 0 Å². The van der Waals surface area contributed by atoms with Crippen LogP contribution in [0.3, 0.4) is 0 Å². The van der Waals surface area contributed by atoms with Gasteiger partial charge in [-0.05, 0) is 48.6 Å². The van der Waals surface area contributed by atoms with Gasteiger partial charge in [0.15, 0.2) is 0 Å². The number of hydrogen-bond acceptors (Lipinski definition) is 7. The van der Waals surface area contributed by atoms with Crippen LogP contribution in [0.1, 0.15) is 31.9 Å². The number of rotatable bonds is 17. The van der Waals surface area contributed by atoms with Crippen molar-refractivity contribution in [2.24, 2.45) is 0 Å². The zero-order valence-electron chi connectivity index (χ0n) is 20.1. The number of carbonyl (C=O) groups is 1. The minimum absolute atomic E-state index is 0.249. The van der Waals surface area contributed by atoms with Crippen LogP contribution >= 0.6 is 0 Å². The maximum absolute atomic E-state index is 10.9. The molecule has 7 nitrogen and oxygen atoms in total. The molecule has 0 radical (unpaired) electrons. The van der Waals surface area contributed by atoms with Crippen molar-refractivity contribution in [1.29, 1.82) is 0 Å². The first-order chi connectivity index (χ1) is 16.0. The average molecular weight is 463 g/mol. The Morgan fingerprint density at radius 3 is 1.73 bits per heavy atom. The van der Waals surface area contributed by atoms with Crippen molar-refractivity contribution >= 4 is 16.7 Å². The largest absolute Gasteiger partial charge is 0.460 e. The molecule has 0 aromatic heterocycles. The molecule has 2 atom stereocenters. The van der Waals surface area contributed by atoms with Gasteiger partial charge in [0.2, 0.25) is 0 Å². The molecule has 2 aromatic rings. The third-order valence-corrected chi connectivity index (χ3v) is 4.96. The third-order valence-electron chi connectivity index (χ3n) is 4.96. The summed E-state index contributed by atoms with van der Waals surface area (Å²) in [5.74, 6) is -0.299. The SMILES string of the molecule is CC(=O)OC(C)COCCOCCc1cccc2c(CCOCCOCC(C)O)cccc12. The van der Waals surface area contributed by atoms with Crippen molar-refractivity contribution in [3.05, 3.63) is 47.5 Å². The van der Waals surface area contributed by atoms with E-state index in [1.165, 1.54) is 28.8 Å². The molecular weight excluding hydrogens is 424 g/mol. The van der Waals surface area contributed by atoms with E-state index < -0.39 is 6.10 Å². The Morgan fingerprint density at radius 2 is 1.24 bits per heavy atom. The monoisotopic (exact) mass is 462 g/mol. The molecule has 0 saturated heterocycles. The van der Waals surface area contributed by atoms with Crippen molar-refractivity contribution in [1.82, 2.24) is 0 Å². The standard InChI is InChI=1S/C26H38O7/c1-20(27)18-31-16-14-29-12-10-23-6-4-9-26-24(7-5-8-25(23)26)11-13-30-15-17-32-19-21(2)33-22(3)28/h4-9,20-21,27H,10-19H2,1-3H3.